The molecule has 0 aromatic rings. The highest BCUT2D eigenvalue weighted by molar-refractivity contribution is 4.92. The normalized spacial score (nSPS) is 31.6. The summed E-state index contributed by atoms with van der Waals surface area (Å²) < 4.78 is 5.24. The molecule has 1 heterocycles. The van der Waals surface area contributed by atoms with Gasteiger partial charge in [0, 0.05) is 25.6 Å². The van der Waals surface area contributed by atoms with Gasteiger partial charge in [-0.2, -0.15) is 0 Å². The molecule has 0 radical (unpaired) electrons. The molecule has 3 nitrogen and oxygen atoms in total. The Kier molecular flexibility index (Phi) is 4.00. The van der Waals surface area contributed by atoms with Crippen molar-refractivity contribution >= 4 is 0 Å². The first-order chi connectivity index (χ1) is 7.73. The maximum absolute atomic E-state index is 10.2. The molecule has 92 valence electrons. The average molecular weight is 225 g/mol. The molecule has 2 rings (SSSR count). The number of nitrogens with one attached hydrogen (secondary N) is 1. The summed E-state index contributed by atoms with van der Waals surface area (Å²) in [6.07, 6.45) is 7.62. The number of hydrogen-bond acceptors (Lipinski definition) is 3. The molecule has 0 aromatic carbocycles. The minimum Gasteiger partial charge on any atom is -0.386 e. The van der Waals surface area contributed by atoms with E-state index in [4.69, 9.17) is 4.74 Å². The highest BCUT2D eigenvalue weighted by atomic mass is 16.5. The second kappa shape index (κ2) is 5.30. The van der Waals surface area contributed by atoms with Gasteiger partial charge in [0.05, 0.1) is 6.61 Å². The summed E-state index contributed by atoms with van der Waals surface area (Å²) in [6, 6.07) is 0.558. The van der Waals surface area contributed by atoms with Crippen LogP contribution in [0.25, 0.3) is 0 Å². The molecular formula is C13H23NO2. The third-order valence-corrected chi connectivity index (χ3v) is 3.65. The second-order valence-corrected chi connectivity index (χ2v) is 5.22. The van der Waals surface area contributed by atoms with Crippen molar-refractivity contribution in [3.63, 3.8) is 0 Å². The Labute approximate surface area is 97.9 Å². The Hall–Kier alpha value is -0.380. The van der Waals surface area contributed by atoms with Gasteiger partial charge in [-0.3, -0.25) is 0 Å². The highest BCUT2D eigenvalue weighted by Gasteiger charge is 2.35. The van der Waals surface area contributed by atoms with E-state index in [1.165, 1.54) is 12.8 Å². The molecule has 1 aliphatic carbocycles. The summed E-state index contributed by atoms with van der Waals surface area (Å²) in [4.78, 5) is 0. The standard InChI is InChI=1S/C13H23NO2/c1-2-3-4-12(11-5-6-11)14-9-13(15)7-8-16-10-13/h2,11-12,14-15H,1,3-10H2. The van der Waals surface area contributed by atoms with Crippen molar-refractivity contribution in [3.05, 3.63) is 12.7 Å². The third-order valence-electron chi connectivity index (χ3n) is 3.65. The van der Waals surface area contributed by atoms with Crippen molar-refractivity contribution in [2.24, 2.45) is 5.92 Å². The van der Waals surface area contributed by atoms with Crippen LogP contribution in [0.3, 0.4) is 0 Å². The van der Waals surface area contributed by atoms with Crippen LogP contribution in [-0.4, -0.2) is 36.5 Å². The predicted octanol–water partition coefficient (Wildman–Crippen LogP) is 1.47. The van der Waals surface area contributed by atoms with Gasteiger partial charge in [-0.05, 0) is 31.6 Å². The molecule has 3 heteroatoms. The van der Waals surface area contributed by atoms with Crippen LogP contribution >= 0.6 is 0 Å². The van der Waals surface area contributed by atoms with Crippen LogP contribution in [-0.2, 0) is 4.74 Å². The number of allylic oxidation sites excluding steroid dienone is 1. The quantitative estimate of drug-likeness (QED) is 0.645. The van der Waals surface area contributed by atoms with E-state index in [0.717, 1.165) is 25.2 Å². The maximum Gasteiger partial charge on any atom is 0.102 e. The summed E-state index contributed by atoms with van der Waals surface area (Å²) in [5, 5.41) is 13.7. The van der Waals surface area contributed by atoms with E-state index in [0.29, 0.717) is 25.8 Å². The van der Waals surface area contributed by atoms with Crippen LogP contribution in [0.2, 0.25) is 0 Å². The van der Waals surface area contributed by atoms with Crippen LogP contribution in [0, 0.1) is 5.92 Å². The fourth-order valence-electron chi connectivity index (χ4n) is 2.36. The van der Waals surface area contributed by atoms with Crippen molar-refractivity contribution in [2.45, 2.75) is 43.7 Å². The molecule has 2 atom stereocenters. The van der Waals surface area contributed by atoms with E-state index >= 15 is 0 Å². The second-order valence-electron chi connectivity index (χ2n) is 5.22. The van der Waals surface area contributed by atoms with Crippen LogP contribution < -0.4 is 5.32 Å². The lowest BCUT2D eigenvalue weighted by molar-refractivity contribution is 0.0240. The third kappa shape index (κ3) is 3.30. The lowest BCUT2D eigenvalue weighted by Crippen LogP contribution is -2.45. The molecule has 2 N–H and O–H groups in total. The van der Waals surface area contributed by atoms with Crippen LogP contribution in [0.15, 0.2) is 12.7 Å². The first-order valence-electron chi connectivity index (χ1n) is 6.38. The van der Waals surface area contributed by atoms with E-state index in [1.54, 1.807) is 0 Å². The molecule has 1 saturated heterocycles. The molecular weight excluding hydrogens is 202 g/mol. The predicted molar refractivity (Wildman–Crippen MR) is 64.3 cm³/mol. The van der Waals surface area contributed by atoms with Crippen molar-refractivity contribution in [1.82, 2.24) is 5.32 Å². The van der Waals surface area contributed by atoms with E-state index in [-0.39, 0.29) is 0 Å². The molecule has 2 unspecified atom stereocenters. The Morgan fingerprint density at radius 2 is 2.38 bits per heavy atom. The summed E-state index contributed by atoms with van der Waals surface area (Å²) in [5.74, 6) is 0.825. The number of hydrogen-bond donors (Lipinski definition) is 2. The zero-order chi connectivity index (χ0) is 11.4. The van der Waals surface area contributed by atoms with Gasteiger partial charge in [0.2, 0.25) is 0 Å². The fraction of sp³-hybridized carbons (Fsp3) is 0.846. The van der Waals surface area contributed by atoms with Crippen molar-refractivity contribution in [3.8, 4) is 0 Å². The number of aliphatic hydroxyl groups is 1. The van der Waals surface area contributed by atoms with Crippen molar-refractivity contribution < 1.29 is 9.84 Å². The van der Waals surface area contributed by atoms with Gasteiger partial charge >= 0.3 is 0 Å². The summed E-state index contributed by atoms with van der Waals surface area (Å²) in [5.41, 5.74) is -0.624. The van der Waals surface area contributed by atoms with E-state index in [1.807, 2.05) is 6.08 Å². The number of rotatable bonds is 7. The van der Waals surface area contributed by atoms with E-state index in [9.17, 15) is 5.11 Å². The largest absolute Gasteiger partial charge is 0.386 e. The van der Waals surface area contributed by atoms with Gasteiger partial charge in [-0.1, -0.05) is 6.08 Å². The molecule has 16 heavy (non-hydrogen) atoms. The lowest BCUT2D eigenvalue weighted by Gasteiger charge is -2.25. The molecule has 2 aliphatic rings. The fourth-order valence-corrected chi connectivity index (χ4v) is 2.36. The zero-order valence-corrected chi connectivity index (χ0v) is 9.95. The molecule has 0 bridgehead atoms. The monoisotopic (exact) mass is 225 g/mol. The molecule has 2 fully saturated rings. The van der Waals surface area contributed by atoms with Crippen LogP contribution in [0.5, 0.6) is 0 Å². The van der Waals surface area contributed by atoms with Crippen LogP contribution in [0.4, 0.5) is 0 Å². The Morgan fingerprint density at radius 1 is 1.56 bits per heavy atom. The first kappa shape index (κ1) is 12.1. The smallest absolute Gasteiger partial charge is 0.102 e. The minimum atomic E-state index is -0.624. The highest BCUT2D eigenvalue weighted by Crippen LogP contribution is 2.34. The summed E-state index contributed by atoms with van der Waals surface area (Å²) in [7, 11) is 0. The Balaban J connectivity index is 1.74. The lowest BCUT2D eigenvalue weighted by atomic mass is 10.0. The van der Waals surface area contributed by atoms with Gasteiger partial charge in [-0.25, -0.2) is 0 Å². The minimum absolute atomic E-state index is 0.485. The molecule has 0 amide bonds. The molecule has 1 aliphatic heterocycles. The molecule has 0 aromatic heterocycles. The zero-order valence-electron chi connectivity index (χ0n) is 9.95. The van der Waals surface area contributed by atoms with Gasteiger partial charge in [0.15, 0.2) is 0 Å². The summed E-state index contributed by atoms with van der Waals surface area (Å²) >= 11 is 0. The first-order valence-corrected chi connectivity index (χ1v) is 6.38. The summed E-state index contributed by atoms with van der Waals surface area (Å²) in [6.45, 7) is 5.62. The Morgan fingerprint density at radius 3 is 2.94 bits per heavy atom. The SMILES string of the molecule is C=CCCC(NCC1(O)CCOC1)C1CC1. The van der Waals surface area contributed by atoms with Crippen LogP contribution in [0.1, 0.15) is 32.1 Å². The van der Waals surface area contributed by atoms with E-state index < -0.39 is 5.60 Å². The Bertz CT molecular complexity index is 232. The maximum atomic E-state index is 10.2. The average Bonchev–Trinajstić information content (AvgIpc) is 3.02. The number of ether oxygens (including phenoxy) is 1. The molecule has 0 spiro atoms. The van der Waals surface area contributed by atoms with E-state index in [2.05, 4.69) is 11.9 Å². The van der Waals surface area contributed by atoms with Gasteiger partial charge < -0.3 is 15.2 Å². The van der Waals surface area contributed by atoms with Gasteiger partial charge in [0.1, 0.15) is 5.60 Å². The van der Waals surface area contributed by atoms with Crippen molar-refractivity contribution in [1.29, 1.82) is 0 Å². The van der Waals surface area contributed by atoms with Gasteiger partial charge in [-0.15, -0.1) is 6.58 Å². The van der Waals surface area contributed by atoms with Crippen molar-refractivity contribution in [2.75, 3.05) is 19.8 Å². The topological polar surface area (TPSA) is 41.5 Å². The molecule has 1 saturated carbocycles. The van der Waals surface area contributed by atoms with Gasteiger partial charge in [0.25, 0.3) is 0 Å².